The van der Waals surface area contributed by atoms with Crippen molar-refractivity contribution >= 4 is 11.8 Å². The van der Waals surface area contributed by atoms with Gasteiger partial charge in [-0.2, -0.15) is 16.7 Å². The molecule has 0 radical (unpaired) electrons. The van der Waals surface area contributed by atoms with Gasteiger partial charge in [-0.1, -0.05) is 35.5 Å². The molecular formula is C13H17N3OS. The SMILES string of the molecule is CSCCNCc1nc(Cc2ccccc2)no1. The lowest BCUT2D eigenvalue weighted by Gasteiger charge is -1.97. The van der Waals surface area contributed by atoms with Crippen molar-refractivity contribution in [1.82, 2.24) is 15.5 Å². The van der Waals surface area contributed by atoms with E-state index >= 15 is 0 Å². The third-order valence-electron chi connectivity index (χ3n) is 2.47. The molecule has 1 N–H and O–H groups in total. The van der Waals surface area contributed by atoms with E-state index < -0.39 is 0 Å². The number of thioether (sulfide) groups is 1. The molecule has 4 nitrogen and oxygen atoms in total. The van der Waals surface area contributed by atoms with Crippen molar-refractivity contribution in [2.24, 2.45) is 0 Å². The highest BCUT2D eigenvalue weighted by Gasteiger charge is 2.06. The van der Waals surface area contributed by atoms with Crippen LogP contribution in [0.15, 0.2) is 34.9 Å². The molecule has 0 aliphatic carbocycles. The Morgan fingerprint density at radius 2 is 2.11 bits per heavy atom. The molecular weight excluding hydrogens is 246 g/mol. The molecule has 0 bridgehead atoms. The summed E-state index contributed by atoms with van der Waals surface area (Å²) < 4.78 is 5.19. The maximum atomic E-state index is 5.19. The first-order valence-corrected chi connectivity index (χ1v) is 7.33. The molecule has 96 valence electrons. The van der Waals surface area contributed by atoms with Crippen LogP contribution in [0.25, 0.3) is 0 Å². The predicted octanol–water partition coefficient (Wildman–Crippen LogP) is 2.11. The zero-order valence-electron chi connectivity index (χ0n) is 10.4. The number of nitrogens with one attached hydrogen (secondary N) is 1. The summed E-state index contributed by atoms with van der Waals surface area (Å²) in [5.41, 5.74) is 1.19. The van der Waals surface area contributed by atoms with E-state index in [1.165, 1.54) is 5.56 Å². The van der Waals surface area contributed by atoms with Crippen LogP contribution in [0.2, 0.25) is 0 Å². The summed E-state index contributed by atoms with van der Waals surface area (Å²) in [7, 11) is 0. The van der Waals surface area contributed by atoms with E-state index in [4.69, 9.17) is 4.52 Å². The fourth-order valence-electron chi connectivity index (χ4n) is 1.58. The second-order valence-electron chi connectivity index (χ2n) is 3.94. The summed E-state index contributed by atoms with van der Waals surface area (Å²) in [4.78, 5) is 4.36. The molecule has 0 spiro atoms. The lowest BCUT2D eigenvalue weighted by Crippen LogP contribution is -2.16. The highest BCUT2D eigenvalue weighted by molar-refractivity contribution is 7.98. The Balaban J connectivity index is 1.83. The summed E-state index contributed by atoms with van der Waals surface area (Å²) in [5.74, 6) is 2.48. The van der Waals surface area contributed by atoms with Gasteiger partial charge in [0.25, 0.3) is 0 Å². The summed E-state index contributed by atoms with van der Waals surface area (Å²) in [6.07, 6.45) is 2.81. The number of hydrogen-bond acceptors (Lipinski definition) is 5. The first-order valence-electron chi connectivity index (χ1n) is 5.93. The summed E-state index contributed by atoms with van der Waals surface area (Å²) in [6.45, 7) is 1.60. The standard InChI is InChI=1S/C13H17N3OS/c1-18-8-7-14-10-13-15-12(16-17-13)9-11-5-3-2-4-6-11/h2-6,14H,7-10H2,1H3. The van der Waals surface area contributed by atoms with Gasteiger partial charge in [0.1, 0.15) is 0 Å². The van der Waals surface area contributed by atoms with Gasteiger partial charge in [0, 0.05) is 18.7 Å². The van der Waals surface area contributed by atoms with Crippen molar-refractivity contribution < 1.29 is 4.52 Å². The fraction of sp³-hybridized carbons (Fsp3) is 0.385. The lowest BCUT2D eigenvalue weighted by atomic mass is 10.1. The molecule has 0 aliphatic rings. The largest absolute Gasteiger partial charge is 0.338 e. The Morgan fingerprint density at radius 1 is 1.28 bits per heavy atom. The van der Waals surface area contributed by atoms with Gasteiger partial charge in [0.2, 0.25) is 5.89 Å². The van der Waals surface area contributed by atoms with Crippen LogP contribution in [0.3, 0.4) is 0 Å². The van der Waals surface area contributed by atoms with Gasteiger partial charge < -0.3 is 9.84 Å². The normalized spacial score (nSPS) is 10.7. The predicted molar refractivity (Wildman–Crippen MR) is 73.6 cm³/mol. The van der Waals surface area contributed by atoms with Gasteiger partial charge in [-0.25, -0.2) is 0 Å². The van der Waals surface area contributed by atoms with E-state index in [9.17, 15) is 0 Å². The highest BCUT2D eigenvalue weighted by Crippen LogP contribution is 2.06. The topological polar surface area (TPSA) is 51.0 Å². The minimum atomic E-state index is 0.641. The van der Waals surface area contributed by atoms with E-state index in [-0.39, 0.29) is 0 Å². The van der Waals surface area contributed by atoms with Crippen LogP contribution < -0.4 is 5.32 Å². The average molecular weight is 263 g/mol. The third kappa shape index (κ3) is 4.16. The molecule has 0 atom stereocenters. The van der Waals surface area contributed by atoms with Crippen LogP contribution in [0.5, 0.6) is 0 Å². The molecule has 1 aromatic carbocycles. The second kappa shape index (κ2) is 7.18. The first kappa shape index (κ1) is 13.1. The Hall–Kier alpha value is -1.33. The molecule has 18 heavy (non-hydrogen) atoms. The van der Waals surface area contributed by atoms with Crippen LogP contribution in [0, 0.1) is 0 Å². The van der Waals surface area contributed by atoms with E-state index in [1.54, 1.807) is 0 Å². The molecule has 0 aliphatic heterocycles. The summed E-state index contributed by atoms with van der Waals surface area (Å²) >= 11 is 1.81. The van der Waals surface area contributed by atoms with Crippen molar-refractivity contribution in [3.63, 3.8) is 0 Å². The molecule has 1 heterocycles. The summed E-state index contributed by atoms with van der Waals surface area (Å²) in [6, 6.07) is 10.2. The minimum absolute atomic E-state index is 0.641. The van der Waals surface area contributed by atoms with Gasteiger partial charge in [0.15, 0.2) is 5.82 Å². The number of hydrogen-bond donors (Lipinski definition) is 1. The molecule has 0 fully saturated rings. The zero-order valence-corrected chi connectivity index (χ0v) is 11.2. The lowest BCUT2D eigenvalue weighted by molar-refractivity contribution is 0.365. The van der Waals surface area contributed by atoms with Crippen molar-refractivity contribution in [2.45, 2.75) is 13.0 Å². The van der Waals surface area contributed by atoms with Gasteiger partial charge in [-0.15, -0.1) is 0 Å². The van der Waals surface area contributed by atoms with E-state index in [0.717, 1.165) is 24.5 Å². The molecule has 5 heteroatoms. The van der Waals surface area contributed by atoms with Crippen LogP contribution in [-0.4, -0.2) is 28.7 Å². The van der Waals surface area contributed by atoms with Crippen molar-refractivity contribution in [3.8, 4) is 0 Å². The molecule has 2 aromatic rings. The molecule has 0 amide bonds. The van der Waals surface area contributed by atoms with E-state index in [1.807, 2.05) is 30.0 Å². The van der Waals surface area contributed by atoms with E-state index in [0.29, 0.717) is 12.4 Å². The maximum absolute atomic E-state index is 5.19. The van der Waals surface area contributed by atoms with Gasteiger partial charge in [-0.3, -0.25) is 0 Å². The van der Waals surface area contributed by atoms with E-state index in [2.05, 4.69) is 33.8 Å². The van der Waals surface area contributed by atoms with Crippen molar-refractivity contribution in [3.05, 3.63) is 47.6 Å². The number of aromatic nitrogens is 2. The fourth-order valence-corrected chi connectivity index (χ4v) is 1.93. The van der Waals surface area contributed by atoms with Gasteiger partial charge in [-0.05, 0) is 11.8 Å². The third-order valence-corrected chi connectivity index (χ3v) is 3.09. The minimum Gasteiger partial charge on any atom is -0.338 e. The van der Waals surface area contributed by atoms with Crippen LogP contribution in [-0.2, 0) is 13.0 Å². The Kier molecular flexibility index (Phi) is 5.23. The van der Waals surface area contributed by atoms with Gasteiger partial charge in [0.05, 0.1) is 6.54 Å². The molecule has 1 aromatic heterocycles. The van der Waals surface area contributed by atoms with Crippen molar-refractivity contribution in [1.29, 1.82) is 0 Å². The average Bonchev–Trinajstić information content (AvgIpc) is 2.84. The smallest absolute Gasteiger partial charge is 0.240 e. The Bertz CT molecular complexity index is 458. The number of benzene rings is 1. The maximum Gasteiger partial charge on any atom is 0.240 e. The highest BCUT2D eigenvalue weighted by atomic mass is 32.2. The van der Waals surface area contributed by atoms with Crippen molar-refractivity contribution in [2.75, 3.05) is 18.6 Å². The number of rotatable bonds is 7. The first-order chi connectivity index (χ1) is 8.88. The summed E-state index contributed by atoms with van der Waals surface area (Å²) in [5, 5.41) is 7.24. The van der Waals surface area contributed by atoms with Crippen LogP contribution >= 0.6 is 11.8 Å². The van der Waals surface area contributed by atoms with Crippen LogP contribution in [0.1, 0.15) is 17.3 Å². The Morgan fingerprint density at radius 3 is 2.89 bits per heavy atom. The monoisotopic (exact) mass is 263 g/mol. The number of nitrogens with zero attached hydrogens (tertiary/aromatic N) is 2. The molecule has 0 unspecified atom stereocenters. The molecule has 2 rings (SSSR count). The molecule has 0 saturated heterocycles. The van der Waals surface area contributed by atoms with Crippen LogP contribution in [0.4, 0.5) is 0 Å². The molecule has 0 saturated carbocycles. The van der Waals surface area contributed by atoms with Gasteiger partial charge >= 0.3 is 0 Å². The Labute approximate surface area is 111 Å². The zero-order chi connectivity index (χ0) is 12.6. The second-order valence-corrected chi connectivity index (χ2v) is 4.92. The quantitative estimate of drug-likeness (QED) is 0.775.